The Kier molecular flexibility index (Phi) is 13.6. The zero-order chi connectivity index (χ0) is 26.0. The molecule has 0 aliphatic carbocycles. The molecule has 0 saturated carbocycles. The van der Waals surface area contributed by atoms with Gasteiger partial charge in [-0.15, -0.1) is 0 Å². The Labute approximate surface area is 201 Å². The van der Waals surface area contributed by atoms with E-state index in [0.717, 1.165) is 11.1 Å². The molecule has 0 saturated heterocycles. The largest absolute Gasteiger partial charge is 0.388 e. The molecule has 33 heavy (non-hydrogen) atoms. The first-order valence-corrected chi connectivity index (χ1v) is 12.0. The van der Waals surface area contributed by atoms with Crippen molar-refractivity contribution in [1.29, 1.82) is 0 Å². The molecule has 0 aromatic rings. The summed E-state index contributed by atoms with van der Waals surface area (Å²) in [6, 6.07) is 0. The second kappa shape index (κ2) is 14.4. The van der Waals surface area contributed by atoms with Crippen LogP contribution in [0.1, 0.15) is 75.7 Å². The fraction of sp³-hybridized carbons (Fsp3) is 0.643. The molecule has 0 aromatic carbocycles. The normalized spacial score (nSPS) is 20.5. The molecule has 3 N–H and O–H groups in total. The highest BCUT2D eigenvalue weighted by atomic mass is 16.3. The second-order valence-corrected chi connectivity index (χ2v) is 9.52. The molecule has 1 unspecified atom stereocenters. The van der Waals surface area contributed by atoms with Crippen molar-refractivity contribution in [2.24, 2.45) is 23.7 Å². The first-order chi connectivity index (χ1) is 15.2. The lowest BCUT2D eigenvalue weighted by Crippen LogP contribution is -2.24. The molecule has 0 spiro atoms. The molecular formula is C28H46O5. The van der Waals surface area contributed by atoms with Crippen LogP contribution < -0.4 is 0 Å². The smallest absolute Gasteiger partial charge is 0.168 e. The first-order valence-electron chi connectivity index (χ1n) is 12.0. The van der Waals surface area contributed by atoms with Crippen LogP contribution in [0.15, 0.2) is 46.6 Å². The number of hydrogen-bond acceptors (Lipinski definition) is 5. The molecule has 0 aromatic heterocycles. The second-order valence-electron chi connectivity index (χ2n) is 9.52. The molecular weight excluding hydrogens is 416 g/mol. The van der Waals surface area contributed by atoms with Crippen LogP contribution in [-0.4, -0.2) is 45.2 Å². The van der Waals surface area contributed by atoms with E-state index in [1.807, 2.05) is 59.8 Å². The summed E-state index contributed by atoms with van der Waals surface area (Å²) in [6.07, 6.45) is 5.48. The van der Waals surface area contributed by atoms with E-state index in [1.165, 1.54) is 0 Å². The monoisotopic (exact) mass is 462 g/mol. The van der Waals surface area contributed by atoms with Crippen LogP contribution in [-0.2, 0) is 9.59 Å². The molecule has 0 fully saturated rings. The van der Waals surface area contributed by atoms with E-state index >= 15 is 0 Å². The lowest BCUT2D eigenvalue weighted by atomic mass is 9.88. The van der Waals surface area contributed by atoms with Gasteiger partial charge in [-0.05, 0) is 63.8 Å². The highest BCUT2D eigenvalue weighted by molar-refractivity contribution is 6.09. The van der Waals surface area contributed by atoms with Gasteiger partial charge in [0.05, 0.1) is 24.2 Å². The van der Waals surface area contributed by atoms with Crippen molar-refractivity contribution in [3.63, 3.8) is 0 Å². The Hall–Kier alpha value is -1.82. The Morgan fingerprint density at radius 1 is 0.697 bits per heavy atom. The molecule has 0 heterocycles. The van der Waals surface area contributed by atoms with Crippen molar-refractivity contribution in [3.05, 3.63) is 46.6 Å². The third-order valence-electron chi connectivity index (χ3n) is 6.53. The molecule has 5 heteroatoms. The van der Waals surface area contributed by atoms with Gasteiger partial charge in [0.1, 0.15) is 5.78 Å². The van der Waals surface area contributed by atoms with Gasteiger partial charge in [0.15, 0.2) is 5.78 Å². The van der Waals surface area contributed by atoms with E-state index in [4.69, 9.17) is 0 Å². The fourth-order valence-electron chi connectivity index (χ4n) is 3.99. The van der Waals surface area contributed by atoms with E-state index in [9.17, 15) is 24.9 Å². The van der Waals surface area contributed by atoms with Crippen molar-refractivity contribution in [2.45, 2.75) is 94.0 Å². The molecule has 0 aliphatic heterocycles. The van der Waals surface area contributed by atoms with Crippen LogP contribution >= 0.6 is 0 Å². The summed E-state index contributed by atoms with van der Waals surface area (Å²) in [6.45, 7) is 18.1. The Morgan fingerprint density at radius 2 is 1.06 bits per heavy atom. The minimum Gasteiger partial charge on any atom is -0.388 e. The summed E-state index contributed by atoms with van der Waals surface area (Å²) < 4.78 is 0. The third kappa shape index (κ3) is 9.52. The van der Waals surface area contributed by atoms with Gasteiger partial charge < -0.3 is 15.3 Å². The lowest BCUT2D eigenvalue weighted by Gasteiger charge is -2.23. The maximum atomic E-state index is 12.5. The van der Waals surface area contributed by atoms with E-state index < -0.39 is 24.2 Å². The number of aliphatic hydroxyl groups excluding tert-OH is 3. The van der Waals surface area contributed by atoms with Gasteiger partial charge in [-0.25, -0.2) is 0 Å². The Balaban J connectivity index is 5.38. The number of Topliss-reactive ketones (excluding diaryl/α,β-unsaturated/α-hetero) is 2. The molecule has 7 atom stereocenters. The SMILES string of the molecule is C/C=C(\C)[C@@H](O)[C@@H](C)/C=C(\C)[C@@H](O)[C@@H](C)/C=C(\C)[C@@H](O)[C@@H](C)/C=C(\C)C(=O)C(C)C(=O)CC. The maximum absolute atomic E-state index is 12.5. The summed E-state index contributed by atoms with van der Waals surface area (Å²) in [5.74, 6) is -1.68. The Morgan fingerprint density at radius 3 is 1.42 bits per heavy atom. The first kappa shape index (κ1) is 31.2. The average molecular weight is 463 g/mol. The van der Waals surface area contributed by atoms with Crippen molar-refractivity contribution < 1.29 is 24.9 Å². The molecule has 5 nitrogen and oxygen atoms in total. The van der Waals surface area contributed by atoms with Crippen LogP contribution in [0.4, 0.5) is 0 Å². The average Bonchev–Trinajstić information content (AvgIpc) is 2.79. The van der Waals surface area contributed by atoms with E-state index in [2.05, 4.69) is 0 Å². The molecule has 0 bridgehead atoms. The number of aliphatic hydroxyl groups is 3. The minimum absolute atomic E-state index is 0.0917. The van der Waals surface area contributed by atoms with Gasteiger partial charge >= 0.3 is 0 Å². The van der Waals surface area contributed by atoms with Gasteiger partial charge in [-0.2, -0.15) is 0 Å². The zero-order valence-electron chi connectivity index (χ0n) is 22.2. The van der Waals surface area contributed by atoms with Crippen molar-refractivity contribution in [3.8, 4) is 0 Å². The summed E-state index contributed by atoms with van der Waals surface area (Å²) in [4.78, 5) is 24.3. The van der Waals surface area contributed by atoms with Crippen LogP contribution in [0.3, 0.4) is 0 Å². The van der Waals surface area contributed by atoms with Crippen LogP contribution in [0, 0.1) is 23.7 Å². The Bertz CT molecular complexity index is 786. The topological polar surface area (TPSA) is 94.8 Å². The third-order valence-corrected chi connectivity index (χ3v) is 6.53. The number of ketones is 2. The quantitative estimate of drug-likeness (QED) is 0.204. The van der Waals surface area contributed by atoms with E-state index in [1.54, 1.807) is 33.8 Å². The van der Waals surface area contributed by atoms with Crippen molar-refractivity contribution >= 4 is 11.6 Å². The minimum atomic E-state index is -0.818. The zero-order valence-corrected chi connectivity index (χ0v) is 22.2. The van der Waals surface area contributed by atoms with Crippen LogP contribution in [0.2, 0.25) is 0 Å². The number of hydrogen-bond donors (Lipinski definition) is 3. The van der Waals surface area contributed by atoms with Gasteiger partial charge in [-0.3, -0.25) is 9.59 Å². The van der Waals surface area contributed by atoms with E-state index in [-0.39, 0.29) is 29.3 Å². The summed E-state index contributed by atoms with van der Waals surface area (Å²) >= 11 is 0. The molecule has 188 valence electrons. The summed E-state index contributed by atoms with van der Waals surface area (Å²) in [7, 11) is 0. The number of carbonyl (C=O) groups is 2. The standard InChI is InChI=1S/C28H46O5/c1-11-16(3)25(30)17(4)13-18(5)26(31)19(6)14-20(7)27(32)21(8)15-22(9)28(33)23(10)24(29)12-2/h11,13-15,17,19,21,23,25-27,30-32H,12H2,1-10H3/b16-11+,18-13+,20-14+,22-15+/t17-,19-,21-,23?,25+,26+,27+/m0/s1. The number of carbonyl (C=O) groups excluding carboxylic acids is 2. The molecule has 0 radical (unpaired) electrons. The number of allylic oxidation sites excluding steroid dienone is 2. The highest BCUT2D eigenvalue weighted by Gasteiger charge is 2.24. The van der Waals surface area contributed by atoms with Crippen LogP contribution in [0.25, 0.3) is 0 Å². The van der Waals surface area contributed by atoms with E-state index in [0.29, 0.717) is 17.6 Å². The number of rotatable bonds is 13. The van der Waals surface area contributed by atoms with Gasteiger partial charge in [0.25, 0.3) is 0 Å². The summed E-state index contributed by atoms with van der Waals surface area (Å²) in [5, 5.41) is 31.9. The van der Waals surface area contributed by atoms with Gasteiger partial charge in [-0.1, -0.05) is 52.0 Å². The van der Waals surface area contributed by atoms with Gasteiger partial charge in [0.2, 0.25) is 0 Å². The highest BCUT2D eigenvalue weighted by Crippen LogP contribution is 2.23. The van der Waals surface area contributed by atoms with Crippen LogP contribution in [0.5, 0.6) is 0 Å². The molecule has 0 amide bonds. The van der Waals surface area contributed by atoms with Crippen molar-refractivity contribution in [2.75, 3.05) is 0 Å². The van der Waals surface area contributed by atoms with Gasteiger partial charge in [0, 0.05) is 24.2 Å². The fourth-order valence-corrected chi connectivity index (χ4v) is 3.99. The molecule has 0 rings (SSSR count). The predicted molar refractivity (Wildman–Crippen MR) is 136 cm³/mol. The predicted octanol–water partition coefficient (Wildman–Crippen LogP) is 4.97. The summed E-state index contributed by atoms with van der Waals surface area (Å²) in [5.41, 5.74) is 2.83. The molecule has 0 aliphatic rings. The maximum Gasteiger partial charge on any atom is 0.168 e. The lowest BCUT2D eigenvalue weighted by molar-refractivity contribution is -0.129. The van der Waals surface area contributed by atoms with Crippen molar-refractivity contribution in [1.82, 2.24) is 0 Å².